The molecule has 0 bridgehead atoms. The Labute approximate surface area is 286 Å². The lowest BCUT2D eigenvalue weighted by atomic mass is 9.87. The number of likely N-dealkylation sites (N-methyl/N-ethyl adjacent to an activating group) is 1. The third-order valence-corrected chi connectivity index (χ3v) is 9.54. The van der Waals surface area contributed by atoms with Crippen molar-refractivity contribution in [3.05, 3.63) is 101 Å². The maximum Gasteiger partial charge on any atom is 0.224 e. The number of rotatable bonds is 10. The SMILES string of the molecule is CC1=CC=C(c2cc(F)cc(OCCN(C)C)c2)c2cc(-c3n[nH]c4ccc(-c5cncc(NC(=O)CC6CCCCC6)c5)cc34)[nH]c2C1. The first-order valence-corrected chi connectivity index (χ1v) is 17.2. The van der Waals surface area contributed by atoms with Crippen molar-refractivity contribution < 1.29 is 13.9 Å². The molecule has 0 atom stereocenters. The summed E-state index contributed by atoms with van der Waals surface area (Å²) in [7, 11) is 3.96. The number of nitrogens with one attached hydrogen (secondary N) is 3. The molecule has 1 amide bonds. The zero-order valence-corrected chi connectivity index (χ0v) is 28.4. The third kappa shape index (κ3) is 7.52. The van der Waals surface area contributed by atoms with Crippen LogP contribution in [-0.2, 0) is 11.2 Å². The van der Waals surface area contributed by atoms with Crippen LogP contribution in [0.1, 0.15) is 62.3 Å². The highest BCUT2D eigenvalue weighted by atomic mass is 19.1. The number of aromatic nitrogens is 4. The minimum atomic E-state index is -0.339. The van der Waals surface area contributed by atoms with Crippen LogP contribution < -0.4 is 10.1 Å². The summed E-state index contributed by atoms with van der Waals surface area (Å²) in [6, 6.07) is 15.2. The van der Waals surface area contributed by atoms with Crippen molar-refractivity contribution in [2.24, 2.45) is 5.92 Å². The van der Waals surface area contributed by atoms with Crippen molar-refractivity contribution in [3.8, 4) is 28.3 Å². The number of carbonyl (C=O) groups is 1. The number of aromatic amines is 2. The molecule has 0 unspecified atom stereocenters. The average Bonchev–Trinajstić information content (AvgIpc) is 3.65. The van der Waals surface area contributed by atoms with E-state index in [4.69, 9.17) is 9.84 Å². The fraction of sp³-hybridized carbons (Fsp3) is 0.325. The molecular weight excluding hydrogens is 615 g/mol. The van der Waals surface area contributed by atoms with Gasteiger partial charge in [-0.05, 0) is 92.9 Å². The molecule has 3 N–H and O–H groups in total. The van der Waals surface area contributed by atoms with Gasteiger partial charge >= 0.3 is 0 Å². The van der Waals surface area contributed by atoms with Crippen LogP contribution in [-0.4, -0.2) is 58.2 Å². The molecular formula is C40H43FN6O2. The Bertz CT molecular complexity index is 2050. The summed E-state index contributed by atoms with van der Waals surface area (Å²) in [6.07, 6.45) is 14.9. The van der Waals surface area contributed by atoms with Crippen LogP contribution in [0.4, 0.5) is 10.1 Å². The monoisotopic (exact) mass is 658 g/mol. The Morgan fingerprint density at radius 3 is 2.69 bits per heavy atom. The van der Waals surface area contributed by atoms with Crippen molar-refractivity contribution in [3.63, 3.8) is 0 Å². The number of ether oxygens (including phenoxy) is 1. The number of H-pyrrole nitrogens is 2. The van der Waals surface area contributed by atoms with Gasteiger partial charge in [-0.3, -0.25) is 14.9 Å². The number of allylic oxidation sites excluding steroid dienone is 3. The third-order valence-electron chi connectivity index (χ3n) is 9.54. The van der Waals surface area contributed by atoms with E-state index in [0.29, 0.717) is 30.4 Å². The molecule has 9 heteroatoms. The largest absolute Gasteiger partial charge is 0.492 e. The van der Waals surface area contributed by atoms with Crippen molar-refractivity contribution >= 4 is 28.1 Å². The van der Waals surface area contributed by atoms with Crippen LogP contribution in [0.25, 0.3) is 39.0 Å². The lowest BCUT2D eigenvalue weighted by Crippen LogP contribution is -2.19. The lowest BCUT2D eigenvalue weighted by Gasteiger charge is -2.20. The van der Waals surface area contributed by atoms with Gasteiger partial charge in [0, 0.05) is 53.9 Å². The van der Waals surface area contributed by atoms with Gasteiger partial charge in [-0.25, -0.2) is 4.39 Å². The fourth-order valence-electron chi connectivity index (χ4n) is 6.99. The Hall–Kier alpha value is -5.02. The number of benzene rings is 2. The summed E-state index contributed by atoms with van der Waals surface area (Å²) in [6.45, 7) is 3.30. The number of hydrogen-bond donors (Lipinski definition) is 3. The van der Waals surface area contributed by atoms with E-state index in [9.17, 15) is 9.18 Å². The smallest absolute Gasteiger partial charge is 0.224 e. The zero-order valence-electron chi connectivity index (χ0n) is 28.4. The van der Waals surface area contributed by atoms with Gasteiger partial charge in [0.05, 0.1) is 23.1 Å². The van der Waals surface area contributed by atoms with E-state index in [1.54, 1.807) is 12.3 Å². The van der Waals surface area contributed by atoms with Crippen molar-refractivity contribution in [2.45, 2.75) is 51.9 Å². The lowest BCUT2D eigenvalue weighted by molar-refractivity contribution is -0.117. The van der Waals surface area contributed by atoms with Gasteiger partial charge in [0.15, 0.2) is 0 Å². The molecule has 5 aromatic rings. The van der Waals surface area contributed by atoms with E-state index in [0.717, 1.165) is 81.6 Å². The Morgan fingerprint density at radius 2 is 1.86 bits per heavy atom. The highest BCUT2D eigenvalue weighted by Crippen LogP contribution is 2.38. The van der Waals surface area contributed by atoms with E-state index in [-0.39, 0.29) is 11.7 Å². The van der Waals surface area contributed by atoms with Crippen LogP contribution in [0.15, 0.2) is 78.6 Å². The number of hydrogen-bond acceptors (Lipinski definition) is 5. The van der Waals surface area contributed by atoms with E-state index >= 15 is 0 Å². The summed E-state index contributed by atoms with van der Waals surface area (Å²) in [5, 5.41) is 12.0. The molecule has 49 heavy (non-hydrogen) atoms. The quantitative estimate of drug-likeness (QED) is 0.140. The second kappa shape index (κ2) is 14.2. The highest BCUT2D eigenvalue weighted by Gasteiger charge is 2.21. The first-order valence-electron chi connectivity index (χ1n) is 17.2. The molecule has 0 radical (unpaired) electrons. The van der Waals surface area contributed by atoms with Gasteiger partial charge in [0.2, 0.25) is 5.91 Å². The number of fused-ring (bicyclic) bond motifs is 2. The van der Waals surface area contributed by atoms with Gasteiger partial charge in [0.1, 0.15) is 23.9 Å². The summed E-state index contributed by atoms with van der Waals surface area (Å²) < 4.78 is 20.8. The van der Waals surface area contributed by atoms with Gasteiger partial charge in [-0.15, -0.1) is 0 Å². The second-order valence-electron chi connectivity index (χ2n) is 13.7. The molecule has 0 aliphatic heterocycles. The fourth-order valence-corrected chi connectivity index (χ4v) is 6.99. The number of amides is 1. The predicted octanol–water partition coefficient (Wildman–Crippen LogP) is 8.54. The average molecular weight is 659 g/mol. The molecule has 0 saturated heterocycles. The molecule has 252 valence electrons. The van der Waals surface area contributed by atoms with Crippen molar-refractivity contribution in [1.82, 2.24) is 25.1 Å². The van der Waals surface area contributed by atoms with Crippen LogP contribution in [0.3, 0.4) is 0 Å². The van der Waals surface area contributed by atoms with E-state index in [2.05, 4.69) is 51.6 Å². The highest BCUT2D eigenvalue weighted by molar-refractivity contribution is 5.97. The number of halogens is 1. The minimum Gasteiger partial charge on any atom is -0.492 e. The van der Waals surface area contributed by atoms with Crippen LogP contribution >= 0.6 is 0 Å². The van der Waals surface area contributed by atoms with Crippen molar-refractivity contribution in [2.75, 3.05) is 32.6 Å². The topological polar surface area (TPSA) is 98.9 Å². The summed E-state index contributed by atoms with van der Waals surface area (Å²) in [5.74, 6) is 0.691. The molecule has 8 nitrogen and oxygen atoms in total. The first kappa shape index (κ1) is 32.5. The Balaban J connectivity index is 1.17. The molecule has 3 heterocycles. The standard InChI is InChI=1S/C40H43FN6O2/c1-25-9-11-33(28-17-30(41)21-32(19-28)49-14-13-47(2)3)34-22-38(44-37(34)15-25)40-35-20-27(10-12-36(35)45-46-40)29-18-31(24-42-23-29)43-39(48)16-26-7-5-4-6-8-26/h9-12,17-24,26,44H,4-8,13-16H2,1-3H3,(H,43,48)(H,45,46). The maximum atomic E-state index is 14.9. The van der Waals surface area contributed by atoms with Gasteiger partial charge < -0.3 is 19.9 Å². The van der Waals surface area contributed by atoms with Gasteiger partial charge in [-0.1, -0.05) is 43.1 Å². The number of anilines is 1. The molecule has 3 aromatic heterocycles. The minimum absolute atomic E-state index is 0.0507. The maximum absolute atomic E-state index is 14.9. The van der Waals surface area contributed by atoms with Crippen LogP contribution in [0.2, 0.25) is 0 Å². The summed E-state index contributed by atoms with van der Waals surface area (Å²) in [5.41, 5.74) is 10.1. The normalized spacial score (nSPS) is 15.1. The van der Waals surface area contributed by atoms with Gasteiger partial charge in [-0.2, -0.15) is 5.10 Å². The molecule has 2 aliphatic carbocycles. The van der Waals surface area contributed by atoms with Crippen LogP contribution in [0, 0.1) is 11.7 Å². The van der Waals surface area contributed by atoms with Crippen LogP contribution in [0.5, 0.6) is 5.75 Å². The Kier molecular flexibility index (Phi) is 9.44. The molecule has 1 saturated carbocycles. The van der Waals surface area contributed by atoms with E-state index in [1.807, 2.05) is 49.5 Å². The number of pyridine rings is 1. The van der Waals surface area contributed by atoms with Gasteiger partial charge in [0.25, 0.3) is 0 Å². The van der Waals surface area contributed by atoms with E-state index < -0.39 is 0 Å². The molecule has 2 aliphatic rings. The molecule has 7 rings (SSSR count). The Morgan fingerprint density at radius 1 is 1.00 bits per heavy atom. The predicted molar refractivity (Wildman–Crippen MR) is 194 cm³/mol. The van der Waals surface area contributed by atoms with E-state index in [1.165, 1.54) is 30.9 Å². The molecule has 2 aromatic carbocycles. The molecule has 0 spiro atoms. The second-order valence-corrected chi connectivity index (χ2v) is 13.7. The summed E-state index contributed by atoms with van der Waals surface area (Å²) in [4.78, 5) is 22.9. The number of carbonyl (C=O) groups excluding carboxylic acids is 1. The zero-order chi connectivity index (χ0) is 33.9. The van der Waals surface area contributed by atoms with Crippen molar-refractivity contribution in [1.29, 1.82) is 0 Å². The summed E-state index contributed by atoms with van der Waals surface area (Å²) >= 11 is 0. The number of nitrogens with zero attached hydrogens (tertiary/aromatic N) is 3. The molecule has 1 fully saturated rings. The first-order chi connectivity index (χ1) is 23.8.